The minimum Gasteiger partial charge on any atom is -0.457 e. The van der Waals surface area contributed by atoms with Crippen molar-refractivity contribution in [2.75, 3.05) is 45.0 Å². The number of amides is 1. The molecule has 3 aliphatic heterocycles. The zero-order valence-corrected chi connectivity index (χ0v) is 28.0. The number of hydrogen-bond donors (Lipinski definition) is 1. The maximum Gasteiger partial charge on any atom is 0.410 e. The van der Waals surface area contributed by atoms with Gasteiger partial charge in [0.1, 0.15) is 35.0 Å². The summed E-state index contributed by atoms with van der Waals surface area (Å²) in [5, 5.41) is 0. The van der Waals surface area contributed by atoms with Crippen LogP contribution < -0.4 is 16.2 Å². The van der Waals surface area contributed by atoms with Gasteiger partial charge in [-0.3, -0.25) is 18.9 Å². The van der Waals surface area contributed by atoms with Gasteiger partial charge in [-0.25, -0.2) is 28.3 Å². The molecule has 2 aromatic heterocycles. The van der Waals surface area contributed by atoms with Gasteiger partial charge in [0.25, 0.3) is 5.92 Å². The van der Waals surface area contributed by atoms with Crippen molar-refractivity contribution in [1.29, 1.82) is 0 Å². The number of carbonyl (C=O) groups is 1. The number of para-hydroxylation sites is 1. The Morgan fingerprint density at radius 1 is 0.898 bits per heavy atom. The van der Waals surface area contributed by atoms with Gasteiger partial charge in [-0.05, 0) is 76.4 Å². The molecule has 3 aliphatic rings. The number of alkyl halides is 2. The lowest BCUT2D eigenvalue weighted by molar-refractivity contribution is -0.118. The van der Waals surface area contributed by atoms with E-state index in [2.05, 4.69) is 14.9 Å². The molecule has 1 atom stereocenters. The number of aromatic nitrogens is 4. The van der Waals surface area contributed by atoms with Crippen LogP contribution in [0.5, 0.6) is 11.5 Å². The van der Waals surface area contributed by atoms with E-state index in [1.165, 1.54) is 10.9 Å². The number of hydrogen-bond acceptors (Lipinski definition) is 9. The second kappa shape index (κ2) is 12.7. The van der Waals surface area contributed by atoms with Crippen molar-refractivity contribution >= 4 is 23.1 Å². The Bertz CT molecular complexity index is 1860. The number of rotatable bonds is 6. The Hall–Kier alpha value is -4.56. The van der Waals surface area contributed by atoms with E-state index in [9.17, 15) is 9.59 Å². The SMILES string of the molecule is CC(C)(C)OC(=O)N1CC(N2CCC(N3CC[C@@H](n4c(=O)n(-c5ccc(Oc6ccccc6)cc5)c5c(N)ncnc54)C(F)(F)C3)CC2)C1. The van der Waals surface area contributed by atoms with Gasteiger partial charge in [0.15, 0.2) is 11.5 Å². The summed E-state index contributed by atoms with van der Waals surface area (Å²) in [6.45, 7) is 8.31. The number of nitrogens with two attached hydrogens (primary N) is 1. The van der Waals surface area contributed by atoms with Gasteiger partial charge in [-0.15, -0.1) is 0 Å². The van der Waals surface area contributed by atoms with Crippen LogP contribution in [0.15, 0.2) is 65.7 Å². The van der Waals surface area contributed by atoms with Crippen molar-refractivity contribution in [2.24, 2.45) is 0 Å². The summed E-state index contributed by atoms with van der Waals surface area (Å²) < 4.78 is 46.1. The average Bonchev–Trinajstić information content (AvgIpc) is 3.32. The molecular formula is C35H42F2N8O4. The number of anilines is 1. The Balaban J connectivity index is 1.04. The van der Waals surface area contributed by atoms with E-state index < -0.39 is 29.8 Å². The first-order valence-electron chi connectivity index (χ1n) is 16.8. The smallest absolute Gasteiger partial charge is 0.410 e. The maximum absolute atomic E-state index is 16.2. The lowest BCUT2D eigenvalue weighted by atomic mass is 9.94. The van der Waals surface area contributed by atoms with Crippen molar-refractivity contribution in [1.82, 2.24) is 33.8 Å². The van der Waals surface area contributed by atoms with Gasteiger partial charge in [-0.2, -0.15) is 0 Å². The van der Waals surface area contributed by atoms with E-state index in [1.807, 2.05) is 56.0 Å². The number of halogens is 2. The number of fused-ring (bicyclic) bond motifs is 1. The van der Waals surface area contributed by atoms with E-state index in [4.69, 9.17) is 15.2 Å². The topological polar surface area (TPSA) is 124 Å². The fraction of sp³-hybridized carbons (Fsp3) is 0.486. The molecule has 0 spiro atoms. The second-order valence-corrected chi connectivity index (χ2v) is 14.2. The molecule has 0 saturated carbocycles. The molecule has 14 heteroatoms. The summed E-state index contributed by atoms with van der Waals surface area (Å²) in [7, 11) is 0. The quantitative estimate of drug-likeness (QED) is 0.303. The van der Waals surface area contributed by atoms with Crippen LogP contribution in [0.1, 0.15) is 46.1 Å². The zero-order chi connectivity index (χ0) is 34.5. The Labute approximate surface area is 283 Å². The van der Waals surface area contributed by atoms with Gasteiger partial charge in [-0.1, -0.05) is 18.2 Å². The molecule has 0 unspecified atom stereocenters. The van der Waals surface area contributed by atoms with E-state index in [1.54, 1.807) is 29.2 Å². The molecule has 2 N–H and O–H groups in total. The monoisotopic (exact) mass is 676 g/mol. The van der Waals surface area contributed by atoms with Crippen molar-refractivity contribution in [2.45, 2.75) is 69.7 Å². The highest BCUT2D eigenvalue weighted by Gasteiger charge is 2.49. The minimum atomic E-state index is -3.20. The number of ether oxygens (including phenoxy) is 2. The number of likely N-dealkylation sites (tertiary alicyclic amines) is 3. The Kier molecular flexibility index (Phi) is 8.55. The van der Waals surface area contributed by atoms with Crippen molar-refractivity contribution in [3.05, 3.63) is 71.4 Å². The highest BCUT2D eigenvalue weighted by molar-refractivity contribution is 5.84. The normalized spacial score (nSPS) is 21.1. The molecule has 260 valence electrons. The first kappa shape index (κ1) is 33.0. The van der Waals surface area contributed by atoms with Crippen LogP contribution in [0.4, 0.5) is 19.4 Å². The number of carbonyl (C=O) groups excluding carboxylic acids is 1. The third-order valence-electron chi connectivity index (χ3n) is 9.70. The highest BCUT2D eigenvalue weighted by Crippen LogP contribution is 2.40. The van der Waals surface area contributed by atoms with Gasteiger partial charge >= 0.3 is 11.8 Å². The molecule has 49 heavy (non-hydrogen) atoms. The Morgan fingerprint density at radius 3 is 2.20 bits per heavy atom. The third-order valence-corrected chi connectivity index (χ3v) is 9.70. The van der Waals surface area contributed by atoms with Crippen molar-refractivity contribution < 1.29 is 23.0 Å². The lowest BCUT2D eigenvalue weighted by Crippen LogP contribution is -2.64. The summed E-state index contributed by atoms with van der Waals surface area (Å²) in [5.41, 5.74) is 5.77. The zero-order valence-electron chi connectivity index (χ0n) is 28.0. The minimum absolute atomic E-state index is 0.0118. The first-order valence-corrected chi connectivity index (χ1v) is 16.8. The van der Waals surface area contributed by atoms with E-state index in [-0.39, 0.29) is 41.6 Å². The van der Waals surface area contributed by atoms with Gasteiger partial charge in [0.2, 0.25) is 0 Å². The largest absolute Gasteiger partial charge is 0.457 e. The fourth-order valence-electron chi connectivity index (χ4n) is 7.24. The molecule has 5 heterocycles. The number of imidazole rings is 1. The van der Waals surface area contributed by atoms with Crippen LogP contribution >= 0.6 is 0 Å². The molecule has 3 saturated heterocycles. The summed E-state index contributed by atoms with van der Waals surface area (Å²) in [5.74, 6) is -1.96. The Morgan fingerprint density at radius 2 is 1.55 bits per heavy atom. The van der Waals surface area contributed by atoms with Crippen LogP contribution in [0, 0.1) is 0 Å². The van der Waals surface area contributed by atoms with Crippen molar-refractivity contribution in [3.8, 4) is 17.2 Å². The predicted molar refractivity (Wildman–Crippen MR) is 180 cm³/mol. The molecule has 7 rings (SSSR count). The summed E-state index contributed by atoms with van der Waals surface area (Å²) >= 11 is 0. The van der Waals surface area contributed by atoms with Crippen LogP contribution in [-0.4, -0.2) is 103 Å². The number of benzene rings is 2. The molecule has 0 bridgehead atoms. The summed E-state index contributed by atoms with van der Waals surface area (Å²) in [6.07, 6.45) is 2.50. The number of nitrogens with zero attached hydrogens (tertiary/aromatic N) is 7. The van der Waals surface area contributed by atoms with Gasteiger partial charge in [0, 0.05) is 44.8 Å². The summed E-state index contributed by atoms with van der Waals surface area (Å²) in [4.78, 5) is 40.7. The molecule has 0 radical (unpaired) electrons. The second-order valence-electron chi connectivity index (χ2n) is 14.2. The van der Waals surface area contributed by atoms with Crippen LogP contribution in [0.2, 0.25) is 0 Å². The maximum atomic E-state index is 16.2. The highest BCUT2D eigenvalue weighted by atomic mass is 19.3. The third kappa shape index (κ3) is 6.58. The van der Waals surface area contributed by atoms with Crippen molar-refractivity contribution in [3.63, 3.8) is 0 Å². The molecule has 2 aromatic carbocycles. The van der Waals surface area contributed by atoms with Gasteiger partial charge < -0.3 is 20.1 Å². The van der Waals surface area contributed by atoms with Crippen LogP contribution in [0.3, 0.4) is 0 Å². The standard InChI is InChI=1S/C35H42F2N8O4/c1-34(2,3)49-33(47)43-19-25(20-43)41-16-13-23(14-17-41)42-18-15-28(35(36,37)21-42)45-31-29(30(38)39-22-40-31)44(32(45)46)24-9-11-27(12-10-24)48-26-7-5-4-6-8-26/h4-12,22-23,25,28H,13-21H2,1-3H3,(H2,38,39,40)/t28-/m1/s1. The molecule has 1 amide bonds. The van der Waals surface area contributed by atoms with Crippen LogP contribution in [-0.2, 0) is 4.74 Å². The summed E-state index contributed by atoms with van der Waals surface area (Å²) in [6, 6.07) is 14.9. The first-order chi connectivity index (χ1) is 23.4. The number of piperidine rings is 2. The number of nitrogen functional groups attached to an aromatic ring is 1. The van der Waals surface area contributed by atoms with E-state index in [0.29, 0.717) is 36.8 Å². The predicted octanol–water partition coefficient (Wildman–Crippen LogP) is 4.92. The molecule has 3 fully saturated rings. The van der Waals surface area contributed by atoms with E-state index in [0.717, 1.165) is 30.5 Å². The molecule has 0 aliphatic carbocycles. The lowest BCUT2D eigenvalue weighted by Gasteiger charge is -2.49. The van der Waals surface area contributed by atoms with Gasteiger partial charge in [0.05, 0.1) is 12.2 Å². The van der Waals surface area contributed by atoms with E-state index >= 15 is 8.78 Å². The van der Waals surface area contributed by atoms with Crippen LogP contribution in [0.25, 0.3) is 16.9 Å². The fourth-order valence-corrected chi connectivity index (χ4v) is 7.24. The molecule has 4 aromatic rings. The molecular weight excluding hydrogens is 634 g/mol. The molecule has 12 nitrogen and oxygen atoms in total. The average molecular weight is 677 g/mol.